The van der Waals surface area contributed by atoms with Crippen LogP contribution in [0.2, 0.25) is 0 Å². The molecule has 0 spiro atoms. The summed E-state index contributed by atoms with van der Waals surface area (Å²) < 4.78 is 11.9. The average Bonchev–Trinajstić information content (AvgIpc) is 3.34. The maximum atomic E-state index is 12.9. The van der Waals surface area contributed by atoms with Gasteiger partial charge in [0, 0.05) is 24.6 Å². The fraction of sp³-hybridized carbons (Fsp3) is 0.240. The largest absolute Gasteiger partial charge is 0.497 e. The van der Waals surface area contributed by atoms with Crippen molar-refractivity contribution >= 4 is 22.8 Å². The zero-order valence-electron chi connectivity index (χ0n) is 19.6. The number of ether oxygens (including phenoxy) is 2. The Balaban J connectivity index is 1.67. The van der Waals surface area contributed by atoms with E-state index in [1.807, 2.05) is 60.0 Å². The first-order valence-electron chi connectivity index (χ1n) is 11.0. The van der Waals surface area contributed by atoms with Crippen LogP contribution in [-0.4, -0.2) is 41.9 Å². The van der Waals surface area contributed by atoms with Gasteiger partial charge < -0.3 is 20.1 Å². The number of hydrogen-bond acceptors (Lipinski definition) is 8. The number of thiazole rings is 1. The third-order valence-electron chi connectivity index (χ3n) is 5.50. The third-order valence-corrected chi connectivity index (χ3v) is 6.44. The number of aromatic nitrogens is 3. The monoisotopic (exact) mass is 493 g/mol. The highest BCUT2D eigenvalue weighted by molar-refractivity contribution is 7.13. The molecular formula is C25H27N5O4S. The molecule has 0 atom stereocenters. The second-order valence-corrected chi connectivity index (χ2v) is 8.71. The Morgan fingerprint density at radius 1 is 1.11 bits per heavy atom. The topological polar surface area (TPSA) is 115 Å². The van der Waals surface area contributed by atoms with Gasteiger partial charge in [-0.05, 0) is 17.7 Å². The molecule has 0 fully saturated rings. The molecule has 0 bridgehead atoms. The van der Waals surface area contributed by atoms with Gasteiger partial charge in [0.05, 0.1) is 32.5 Å². The molecule has 9 nitrogen and oxygen atoms in total. The Hall–Kier alpha value is -3.89. The van der Waals surface area contributed by atoms with Gasteiger partial charge in [-0.2, -0.15) is 0 Å². The minimum absolute atomic E-state index is 0.0990. The van der Waals surface area contributed by atoms with E-state index in [9.17, 15) is 9.59 Å². The maximum absolute atomic E-state index is 12.9. The van der Waals surface area contributed by atoms with Gasteiger partial charge in [-0.3, -0.25) is 14.3 Å². The first-order chi connectivity index (χ1) is 17.0. The number of H-pyrrole nitrogens is 1. The van der Waals surface area contributed by atoms with Crippen molar-refractivity contribution in [3.05, 3.63) is 92.1 Å². The normalized spacial score (nSPS) is 10.9. The molecule has 35 heavy (non-hydrogen) atoms. The molecule has 10 heteroatoms. The summed E-state index contributed by atoms with van der Waals surface area (Å²) in [5.74, 6) is 0.850. The number of aromatic amines is 1. The minimum Gasteiger partial charge on any atom is -0.497 e. The van der Waals surface area contributed by atoms with Crippen LogP contribution in [0, 0.1) is 0 Å². The van der Waals surface area contributed by atoms with Gasteiger partial charge in [-0.1, -0.05) is 42.5 Å². The molecule has 0 aliphatic carbocycles. The van der Waals surface area contributed by atoms with Crippen LogP contribution in [0.5, 0.6) is 5.75 Å². The summed E-state index contributed by atoms with van der Waals surface area (Å²) in [4.78, 5) is 34.4. The number of nitrogens with two attached hydrogens (primary N) is 1. The predicted molar refractivity (Wildman–Crippen MR) is 138 cm³/mol. The Morgan fingerprint density at radius 3 is 2.66 bits per heavy atom. The molecule has 0 aliphatic rings. The molecule has 2 aromatic carbocycles. The number of methoxy groups -OCH3 is 2. The van der Waals surface area contributed by atoms with E-state index in [0.717, 1.165) is 27.6 Å². The zero-order chi connectivity index (χ0) is 24.8. The molecule has 2 heterocycles. The molecule has 4 aromatic rings. The highest BCUT2D eigenvalue weighted by Crippen LogP contribution is 2.28. The summed E-state index contributed by atoms with van der Waals surface area (Å²) in [6.45, 7) is 1.31. The van der Waals surface area contributed by atoms with E-state index in [0.29, 0.717) is 19.7 Å². The molecule has 0 aliphatic heterocycles. The van der Waals surface area contributed by atoms with Gasteiger partial charge in [0.1, 0.15) is 22.3 Å². The number of nitrogen functional groups attached to an aromatic ring is 1. The number of rotatable bonds is 10. The highest BCUT2D eigenvalue weighted by Gasteiger charge is 2.20. The van der Waals surface area contributed by atoms with E-state index in [4.69, 9.17) is 20.2 Å². The van der Waals surface area contributed by atoms with E-state index < -0.39 is 11.2 Å². The summed E-state index contributed by atoms with van der Waals surface area (Å²) in [7, 11) is 3.21. The molecule has 0 amide bonds. The van der Waals surface area contributed by atoms with Crippen LogP contribution >= 0.6 is 11.3 Å². The second-order valence-electron chi connectivity index (χ2n) is 7.86. The predicted octanol–water partition coefficient (Wildman–Crippen LogP) is 2.95. The van der Waals surface area contributed by atoms with Crippen molar-refractivity contribution in [1.29, 1.82) is 0 Å². The number of anilines is 2. The van der Waals surface area contributed by atoms with Crippen molar-refractivity contribution in [3.63, 3.8) is 0 Å². The summed E-state index contributed by atoms with van der Waals surface area (Å²) >= 11 is 1.50. The third kappa shape index (κ3) is 5.61. The number of benzene rings is 2. The first kappa shape index (κ1) is 24.2. The van der Waals surface area contributed by atoms with E-state index in [1.165, 1.54) is 15.9 Å². The molecular weight excluding hydrogens is 466 g/mol. The molecule has 0 saturated carbocycles. The van der Waals surface area contributed by atoms with Crippen molar-refractivity contribution in [2.75, 3.05) is 38.0 Å². The molecule has 0 saturated heterocycles. The lowest BCUT2D eigenvalue weighted by atomic mass is 10.2. The SMILES string of the molecule is COCCN(Cc1csc(-c2cccc(OC)c2)n1)c1c(N)n(Cc2ccccc2)c(=O)[nH]c1=O. The second kappa shape index (κ2) is 11.0. The van der Waals surface area contributed by atoms with E-state index in [2.05, 4.69) is 4.98 Å². The van der Waals surface area contributed by atoms with Crippen LogP contribution < -0.4 is 26.6 Å². The Bertz CT molecular complexity index is 1400. The van der Waals surface area contributed by atoms with Crippen molar-refractivity contribution in [2.45, 2.75) is 13.1 Å². The van der Waals surface area contributed by atoms with Gasteiger partial charge in [0.2, 0.25) is 0 Å². The number of nitrogens with zero attached hydrogens (tertiary/aromatic N) is 3. The molecule has 0 radical (unpaired) electrons. The lowest BCUT2D eigenvalue weighted by molar-refractivity contribution is 0.205. The number of hydrogen-bond donors (Lipinski definition) is 2. The maximum Gasteiger partial charge on any atom is 0.330 e. The Morgan fingerprint density at radius 2 is 1.91 bits per heavy atom. The van der Waals surface area contributed by atoms with Gasteiger partial charge in [0.15, 0.2) is 0 Å². The smallest absolute Gasteiger partial charge is 0.330 e. The van der Waals surface area contributed by atoms with Crippen molar-refractivity contribution in [2.24, 2.45) is 0 Å². The summed E-state index contributed by atoms with van der Waals surface area (Å²) in [6, 6.07) is 17.1. The molecule has 2 aromatic heterocycles. The van der Waals surface area contributed by atoms with E-state index in [-0.39, 0.29) is 18.1 Å². The van der Waals surface area contributed by atoms with Gasteiger partial charge in [-0.15, -0.1) is 11.3 Å². The van der Waals surface area contributed by atoms with Crippen LogP contribution in [0.4, 0.5) is 11.5 Å². The van der Waals surface area contributed by atoms with Crippen LogP contribution in [0.25, 0.3) is 10.6 Å². The summed E-state index contributed by atoms with van der Waals surface area (Å²) in [5.41, 5.74) is 8.14. The molecule has 3 N–H and O–H groups in total. The average molecular weight is 494 g/mol. The summed E-state index contributed by atoms with van der Waals surface area (Å²) in [5, 5.41) is 2.78. The number of nitrogens with one attached hydrogen (secondary N) is 1. The first-order valence-corrected chi connectivity index (χ1v) is 11.9. The lowest BCUT2D eigenvalue weighted by Crippen LogP contribution is -2.39. The van der Waals surface area contributed by atoms with Crippen LogP contribution in [0.3, 0.4) is 0 Å². The summed E-state index contributed by atoms with van der Waals surface area (Å²) in [6.07, 6.45) is 0. The standard InChI is InChI=1S/C25H27N5O4S/c1-33-12-11-29(15-19-16-35-24(27-19)18-9-6-10-20(13-18)34-2)21-22(26)30(25(32)28-23(21)31)14-17-7-4-3-5-8-17/h3-10,13,16H,11-12,14-15,26H2,1-2H3,(H,28,31,32). The van der Waals surface area contributed by atoms with Gasteiger partial charge in [-0.25, -0.2) is 9.78 Å². The highest BCUT2D eigenvalue weighted by atomic mass is 32.1. The van der Waals surface area contributed by atoms with Crippen LogP contribution in [-0.2, 0) is 17.8 Å². The quantitative estimate of drug-likeness (QED) is 0.349. The molecule has 0 unspecified atom stereocenters. The van der Waals surface area contributed by atoms with E-state index in [1.54, 1.807) is 19.1 Å². The fourth-order valence-electron chi connectivity index (χ4n) is 3.74. The Labute approximate surface area is 206 Å². The van der Waals surface area contributed by atoms with Gasteiger partial charge in [0.25, 0.3) is 5.56 Å². The Kier molecular flexibility index (Phi) is 7.64. The van der Waals surface area contributed by atoms with Crippen LogP contribution in [0.15, 0.2) is 69.6 Å². The van der Waals surface area contributed by atoms with Gasteiger partial charge >= 0.3 is 5.69 Å². The van der Waals surface area contributed by atoms with Crippen LogP contribution in [0.1, 0.15) is 11.3 Å². The lowest BCUT2D eigenvalue weighted by Gasteiger charge is -2.25. The van der Waals surface area contributed by atoms with Crippen molar-refractivity contribution in [3.8, 4) is 16.3 Å². The van der Waals surface area contributed by atoms with Crippen molar-refractivity contribution in [1.82, 2.24) is 14.5 Å². The minimum atomic E-state index is -0.555. The van der Waals surface area contributed by atoms with E-state index >= 15 is 0 Å². The van der Waals surface area contributed by atoms with Crippen molar-refractivity contribution < 1.29 is 9.47 Å². The molecule has 182 valence electrons. The zero-order valence-corrected chi connectivity index (χ0v) is 20.4. The fourth-order valence-corrected chi connectivity index (χ4v) is 4.55. The molecule has 4 rings (SSSR count).